The van der Waals surface area contributed by atoms with Crippen molar-refractivity contribution in [2.45, 2.75) is 41.2 Å². The molecule has 0 saturated carbocycles. The molecule has 1 aromatic heterocycles. The fraction of sp³-hybridized carbons (Fsp3) is 0.333. The molecule has 2 aromatic rings. The Balaban J connectivity index is 2.16. The van der Waals surface area contributed by atoms with E-state index in [0.29, 0.717) is 22.5 Å². The molecular formula is C18H21NO3. The molecule has 1 heterocycles. The molecule has 0 aliphatic rings. The summed E-state index contributed by atoms with van der Waals surface area (Å²) in [5.41, 5.74) is 5.50. The van der Waals surface area contributed by atoms with Gasteiger partial charge in [0.05, 0.1) is 0 Å². The second kappa shape index (κ2) is 6.18. The van der Waals surface area contributed by atoms with E-state index < -0.39 is 5.97 Å². The number of ether oxygens (including phenoxy) is 1. The lowest BCUT2D eigenvalue weighted by Gasteiger charge is -2.07. The van der Waals surface area contributed by atoms with Crippen LogP contribution in [0.5, 0.6) is 0 Å². The molecular weight excluding hydrogens is 278 g/mol. The summed E-state index contributed by atoms with van der Waals surface area (Å²) < 4.78 is 5.37. The van der Waals surface area contributed by atoms with Crippen molar-refractivity contribution in [3.63, 3.8) is 0 Å². The SMILES string of the molecule is CC(=O)c1c(C)[nH]c(C(=O)OCc2cc(C)cc(C)c2)c1C. The van der Waals surface area contributed by atoms with E-state index in [-0.39, 0.29) is 12.4 Å². The Hall–Kier alpha value is -2.36. The second-order valence-electron chi connectivity index (χ2n) is 5.75. The fourth-order valence-corrected chi connectivity index (χ4v) is 2.86. The lowest BCUT2D eigenvalue weighted by atomic mass is 10.1. The highest BCUT2D eigenvalue weighted by molar-refractivity contribution is 6.01. The lowest BCUT2D eigenvalue weighted by molar-refractivity contribution is 0.0465. The average Bonchev–Trinajstić information content (AvgIpc) is 2.70. The molecule has 22 heavy (non-hydrogen) atoms. The number of hydrogen-bond acceptors (Lipinski definition) is 3. The topological polar surface area (TPSA) is 59.2 Å². The number of ketones is 1. The first kappa shape index (κ1) is 16.0. The Labute approximate surface area is 130 Å². The maximum absolute atomic E-state index is 12.2. The van der Waals surface area contributed by atoms with Gasteiger partial charge in [-0.05, 0) is 45.7 Å². The van der Waals surface area contributed by atoms with Gasteiger partial charge in [-0.25, -0.2) is 4.79 Å². The largest absolute Gasteiger partial charge is 0.456 e. The van der Waals surface area contributed by atoms with Crippen molar-refractivity contribution in [2.24, 2.45) is 0 Å². The van der Waals surface area contributed by atoms with Crippen molar-refractivity contribution in [3.05, 3.63) is 57.4 Å². The molecule has 4 heteroatoms. The van der Waals surface area contributed by atoms with Crippen molar-refractivity contribution in [3.8, 4) is 0 Å². The number of nitrogens with one attached hydrogen (secondary N) is 1. The number of hydrogen-bond donors (Lipinski definition) is 1. The van der Waals surface area contributed by atoms with Gasteiger partial charge in [0, 0.05) is 11.3 Å². The molecule has 0 amide bonds. The highest BCUT2D eigenvalue weighted by Crippen LogP contribution is 2.20. The zero-order chi connectivity index (χ0) is 16.4. The number of rotatable bonds is 4. The van der Waals surface area contributed by atoms with Crippen LogP contribution in [0.25, 0.3) is 0 Å². The number of esters is 1. The molecule has 116 valence electrons. The van der Waals surface area contributed by atoms with Crippen molar-refractivity contribution >= 4 is 11.8 Å². The van der Waals surface area contributed by atoms with Gasteiger partial charge in [-0.15, -0.1) is 0 Å². The Kier molecular flexibility index (Phi) is 4.50. The highest BCUT2D eigenvalue weighted by Gasteiger charge is 2.20. The van der Waals surface area contributed by atoms with Crippen molar-refractivity contribution in [1.82, 2.24) is 4.98 Å². The van der Waals surface area contributed by atoms with Gasteiger partial charge in [0.2, 0.25) is 0 Å². The van der Waals surface area contributed by atoms with Gasteiger partial charge in [0.1, 0.15) is 12.3 Å². The van der Waals surface area contributed by atoms with Crippen LogP contribution in [0, 0.1) is 27.7 Å². The fourth-order valence-electron chi connectivity index (χ4n) is 2.86. The number of carbonyl (C=O) groups is 2. The van der Waals surface area contributed by atoms with Crippen LogP contribution >= 0.6 is 0 Å². The molecule has 0 spiro atoms. The van der Waals surface area contributed by atoms with Gasteiger partial charge in [0.25, 0.3) is 0 Å². The lowest BCUT2D eigenvalue weighted by Crippen LogP contribution is -2.08. The molecule has 0 aliphatic carbocycles. The molecule has 0 radical (unpaired) electrons. The predicted molar refractivity (Wildman–Crippen MR) is 85.3 cm³/mol. The van der Waals surface area contributed by atoms with Crippen molar-refractivity contribution < 1.29 is 14.3 Å². The van der Waals surface area contributed by atoms with E-state index >= 15 is 0 Å². The first-order valence-electron chi connectivity index (χ1n) is 7.24. The van der Waals surface area contributed by atoms with Gasteiger partial charge in [-0.2, -0.15) is 0 Å². The molecule has 0 atom stereocenters. The summed E-state index contributed by atoms with van der Waals surface area (Å²) in [7, 11) is 0. The van der Waals surface area contributed by atoms with Crippen LogP contribution in [-0.2, 0) is 11.3 Å². The summed E-state index contributed by atoms with van der Waals surface area (Å²) >= 11 is 0. The minimum Gasteiger partial charge on any atom is -0.456 e. The number of carbonyl (C=O) groups excluding carboxylic acids is 2. The summed E-state index contributed by atoms with van der Waals surface area (Å²) in [6, 6.07) is 6.06. The van der Waals surface area contributed by atoms with E-state index in [4.69, 9.17) is 4.74 Å². The Morgan fingerprint density at radius 1 is 1.05 bits per heavy atom. The Morgan fingerprint density at radius 2 is 1.64 bits per heavy atom. The van der Waals surface area contributed by atoms with Crippen LogP contribution in [0.15, 0.2) is 18.2 Å². The quantitative estimate of drug-likeness (QED) is 0.690. The molecule has 0 unspecified atom stereocenters. The maximum atomic E-state index is 12.2. The summed E-state index contributed by atoms with van der Waals surface area (Å²) in [6.45, 7) is 9.27. The zero-order valence-electron chi connectivity index (χ0n) is 13.7. The zero-order valence-corrected chi connectivity index (χ0v) is 13.7. The van der Waals surface area contributed by atoms with E-state index in [1.807, 2.05) is 26.0 Å². The van der Waals surface area contributed by atoms with Crippen LogP contribution in [0.4, 0.5) is 0 Å². The van der Waals surface area contributed by atoms with E-state index in [2.05, 4.69) is 11.1 Å². The molecule has 0 saturated heterocycles. The summed E-state index contributed by atoms with van der Waals surface area (Å²) in [4.78, 5) is 26.8. The molecule has 4 nitrogen and oxygen atoms in total. The van der Waals surface area contributed by atoms with E-state index in [0.717, 1.165) is 16.7 Å². The normalized spacial score (nSPS) is 10.6. The van der Waals surface area contributed by atoms with Crippen LogP contribution in [-0.4, -0.2) is 16.7 Å². The van der Waals surface area contributed by atoms with Crippen molar-refractivity contribution in [2.75, 3.05) is 0 Å². The van der Waals surface area contributed by atoms with Gasteiger partial charge < -0.3 is 9.72 Å². The van der Waals surface area contributed by atoms with Gasteiger partial charge in [-0.3, -0.25) is 4.79 Å². The number of benzene rings is 1. The molecule has 0 fully saturated rings. The Morgan fingerprint density at radius 3 is 2.14 bits per heavy atom. The second-order valence-corrected chi connectivity index (χ2v) is 5.75. The number of aryl methyl sites for hydroxylation is 3. The Bertz CT molecular complexity index is 721. The molecule has 1 aromatic carbocycles. The number of H-pyrrole nitrogens is 1. The molecule has 0 bridgehead atoms. The predicted octanol–water partition coefficient (Wildman–Crippen LogP) is 3.81. The number of Topliss-reactive ketones (excluding diaryl/α,β-unsaturated/α-hetero) is 1. The minimum atomic E-state index is -0.438. The third-order valence-corrected chi connectivity index (χ3v) is 3.65. The average molecular weight is 299 g/mol. The van der Waals surface area contributed by atoms with Crippen LogP contribution in [0.1, 0.15) is 55.7 Å². The van der Waals surface area contributed by atoms with Crippen LogP contribution in [0.3, 0.4) is 0 Å². The monoisotopic (exact) mass is 299 g/mol. The summed E-state index contributed by atoms with van der Waals surface area (Å²) in [5.74, 6) is -0.494. The van der Waals surface area contributed by atoms with E-state index in [1.54, 1.807) is 13.8 Å². The third-order valence-electron chi connectivity index (χ3n) is 3.65. The van der Waals surface area contributed by atoms with E-state index in [1.165, 1.54) is 6.92 Å². The van der Waals surface area contributed by atoms with Crippen LogP contribution in [0.2, 0.25) is 0 Å². The van der Waals surface area contributed by atoms with E-state index in [9.17, 15) is 9.59 Å². The first-order chi connectivity index (χ1) is 10.3. The van der Waals surface area contributed by atoms with Crippen LogP contribution < -0.4 is 0 Å². The van der Waals surface area contributed by atoms with Crippen molar-refractivity contribution in [1.29, 1.82) is 0 Å². The standard InChI is InChI=1S/C18H21NO3/c1-10-6-11(2)8-15(7-10)9-22-18(21)17-12(3)16(14(5)20)13(4)19-17/h6-8,19H,9H2,1-5H3. The summed E-state index contributed by atoms with van der Waals surface area (Å²) in [5, 5.41) is 0. The maximum Gasteiger partial charge on any atom is 0.355 e. The third kappa shape index (κ3) is 3.27. The van der Waals surface area contributed by atoms with Gasteiger partial charge in [-0.1, -0.05) is 29.3 Å². The van der Waals surface area contributed by atoms with Gasteiger partial charge in [0.15, 0.2) is 5.78 Å². The first-order valence-corrected chi connectivity index (χ1v) is 7.24. The number of aromatic nitrogens is 1. The number of aromatic amines is 1. The molecule has 1 N–H and O–H groups in total. The minimum absolute atomic E-state index is 0.0559. The molecule has 2 rings (SSSR count). The smallest absolute Gasteiger partial charge is 0.355 e. The highest BCUT2D eigenvalue weighted by atomic mass is 16.5. The van der Waals surface area contributed by atoms with Gasteiger partial charge >= 0.3 is 5.97 Å². The molecule has 0 aliphatic heterocycles. The summed E-state index contributed by atoms with van der Waals surface area (Å²) in [6.07, 6.45) is 0.